The van der Waals surface area contributed by atoms with Crippen LogP contribution in [0, 0.1) is 5.82 Å². The molecule has 1 N–H and O–H groups in total. The highest BCUT2D eigenvalue weighted by atomic mass is 79.9. The van der Waals surface area contributed by atoms with Gasteiger partial charge < -0.3 is 10.1 Å². The number of benzene rings is 2. The lowest BCUT2D eigenvalue weighted by Crippen LogP contribution is -2.30. The topological polar surface area (TPSA) is 38.3 Å². The van der Waals surface area contributed by atoms with Gasteiger partial charge in [0.1, 0.15) is 11.6 Å². The first-order chi connectivity index (χ1) is 9.95. The summed E-state index contributed by atoms with van der Waals surface area (Å²) in [5.74, 6) is -0.357. The van der Waals surface area contributed by atoms with Crippen molar-refractivity contribution in [1.82, 2.24) is 0 Å². The summed E-state index contributed by atoms with van der Waals surface area (Å²) >= 11 is 6.48. The number of carbonyl (C=O) groups is 1. The van der Waals surface area contributed by atoms with E-state index in [1.165, 1.54) is 12.1 Å². The van der Waals surface area contributed by atoms with Crippen LogP contribution in [-0.4, -0.2) is 12.0 Å². The van der Waals surface area contributed by atoms with Gasteiger partial charge in [-0.15, -0.1) is 0 Å². The smallest absolute Gasteiger partial charge is 0.265 e. The molecule has 0 radical (unpaired) electrons. The number of ether oxygens (including phenoxy) is 1. The third-order valence-corrected chi connectivity index (χ3v) is 3.71. The zero-order valence-corrected chi connectivity index (χ0v) is 14.2. The van der Waals surface area contributed by atoms with Gasteiger partial charge in [-0.05, 0) is 49.4 Å². The van der Waals surface area contributed by atoms with E-state index in [1.807, 2.05) is 12.1 Å². The van der Waals surface area contributed by atoms with Crippen LogP contribution in [0.1, 0.15) is 6.92 Å². The van der Waals surface area contributed by atoms with Crippen LogP contribution in [0.25, 0.3) is 0 Å². The van der Waals surface area contributed by atoms with E-state index in [4.69, 9.17) is 4.74 Å². The number of anilines is 1. The molecule has 2 aromatic carbocycles. The summed E-state index contributed by atoms with van der Waals surface area (Å²) in [4.78, 5) is 12.0. The molecule has 1 atom stereocenters. The first kappa shape index (κ1) is 16.0. The lowest BCUT2D eigenvalue weighted by molar-refractivity contribution is -0.122. The largest absolute Gasteiger partial charge is 0.481 e. The molecule has 0 aliphatic heterocycles. The summed E-state index contributed by atoms with van der Waals surface area (Å²) in [5, 5.41) is 2.50. The van der Waals surface area contributed by atoms with Gasteiger partial charge in [0.2, 0.25) is 0 Å². The van der Waals surface area contributed by atoms with Crippen molar-refractivity contribution in [2.75, 3.05) is 5.32 Å². The van der Waals surface area contributed by atoms with E-state index < -0.39 is 17.8 Å². The Balaban J connectivity index is 2.00. The molecule has 0 spiro atoms. The second-order valence-electron chi connectivity index (χ2n) is 4.33. The van der Waals surface area contributed by atoms with Crippen LogP contribution >= 0.6 is 31.9 Å². The van der Waals surface area contributed by atoms with Gasteiger partial charge in [0.25, 0.3) is 5.91 Å². The monoisotopic (exact) mass is 415 g/mol. The van der Waals surface area contributed by atoms with Crippen molar-refractivity contribution in [3.05, 3.63) is 57.2 Å². The minimum atomic E-state index is -0.741. The Kier molecular flexibility index (Phi) is 5.36. The van der Waals surface area contributed by atoms with Crippen LogP contribution in [0.5, 0.6) is 5.75 Å². The number of halogens is 3. The summed E-state index contributed by atoms with van der Waals surface area (Å²) in [5.41, 5.74) is 0.120. The van der Waals surface area contributed by atoms with Crippen molar-refractivity contribution in [1.29, 1.82) is 0 Å². The highest BCUT2D eigenvalue weighted by Crippen LogP contribution is 2.21. The Labute approximate surface area is 138 Å². The minimum Gasteiger partial charge on any atom is -0.481 e. The van der Waals surface area contributed by atoms with Crippen LogP contribution in [-0.2, 0) is 4.79 Å². The number of nitrogens with one attached hydrogen (secondary N) is 1. The molecule has 110 valence electrons. The molecule has 6 heteroatoms. The molecule has 1 unspecified atom stereocenters. The third kappa shape index (κ3) is 4.54. The molecule has 0 bridgehead atoms. The Morgan fingerprint density at radius 3 is 2.38 bits per heavy atom. The summed E-state index contributed by atoms with van der Waals surface area (Å²) in [7, 11) is 0. The molecule has 0 aromatic heterocycles. The number of rotatable bonds is 4. The standard InChI is InChI=1S/C15H12Br2FNO2/c1-9(21-12-5-2-10(16)3-6-12)15(20)19-14-7-4-11(17)8-13(14)18/h2-9H,1H3,(H,19,20). The van der Waals surface area contributed by atoms with Crippen LogP contribution in [0.15, 0.2) is 51.4 Å². The molecule has 0 aliphatic carbocycles. The fourth-order valence-electron chi connectivity index (χ4n) is 1.60. The lowest BCUT2D eigenvalue weighted by Gasteiger charge is -2.15. The SMILES string of the molecule is CC(Oc1ccc(Br)cc1)C(=O)Nc1ccc(Br)cc1F. The fourth-order valence-corrected chi connectivity index (χ4v) is 2.19. The lowest BCUT2D eigenvalue weighted by atomic mass is 10.3. The number of amides is 1. The van der Waals surface area contributed by atoms with Gasteiger partial charge in [0.05, 0.1) is 5.69 Å². The maximum atomic E-state index is 13.7. The highest BCUT2D eigenvalue weighted by molar-refractivity contribution is 9.10. The Morgan fingerprint density at radius 2 is 1.76 bits per heavy atom. The van der Waals surface area contributed by atoms with E-state index in [2.05, 4.69) is 37.2 Å². The molecule has 0 heterocycles. The van der Waals surface area contributed by atoms with Crippen LogP contribution in [0.4, 0.5) is 10.1 Å². The maximum absolute atomic E-state index is 13.7. The molecule has 1 amide bonds. The maximum Gasteiger partial charge on any atom is 0.265 e. The Morgan fingerprint density at radius 1 is 1.14 bits per heavy atom. The van der Waals surface area contributed by atoms with E-state index in [0.29, 0.717) is 10.2 Å². The zero-order chi connectivity index (χ0) is 15.4. The van der Waals surface area contributed by atoms with Crippen molar-refractivity contribution in [3.63, 3.8) is 0 Å². The van der Waals surface area contributed by atoms with Gasteiger partial charge in [-0.1, -0.05) is 31.9 Å². The second kappa shape index (κ2) is 7.04. The van der Waals surface area contributed by atoms with Gasteiger partial charge in [-0.3, -0.25) is 4.79 Å². The minimum absolute atomic E-state index is 0.120. The average Bonchev–Trinajstić information content (AvgIpc) is 2.44. The molecule has 0 aliphatic rings. The first-order valence-corrected chi connectivity index (χ1v) is 7.72. The summed E-state index contributed by atoms with van der Waals surface area (Å²) in [6, 6.07) is 11.5. The third-order valence-electron chi connectivity index (χ3n) is 2.68. The van der Waals surface area contributed by atoms with Crippen LogP contribution in [0.3, 0.4) is 0 Å². The van der Waals surface area contributed by atoms with E-state index in [1.54, 1.807) is 25.1 Å². The Bertz CT molecular complexity index is 647. The molecule has 0 saturated carbocycles. The zero-order valence-electron chi connectivity index (χ0n) is 11.1. The van der Waals surface area contributed by atoms with Gasteiger partial charge in [-0.25, -0.2) is 4.39 Å². The van der Waals surface area contributed by atoms with Crippen LogP contribution in [0.2, 0.25) is 0 Å². The van der Waals surface area contributed by atoms with Gasteiger partial charge in [0.15, 0.2) is 6.10 Å². The molecule has 0 saturated heterocycles. The van der Waals surface area contributed by atoms with E-state index in [-0.39, 0.29) is 5.69 Å². The predicted molar refractivity (Wildman–Crippen MR) is 87.0 cm³/mol. The predicted octanol–water partition coefficient (Wildman–Crippen LogP) is 4.76. The summed E-state index contributed by atoms with van der Waals surface area (Å²) in [6.07, 6.45) is -0.741. The molecule has 2 rings (SSSR count). The van der Waals surface area contributed by atoms with E-state index >= 15 is 0 Å². The quantitative estimate of drug-likeness (QED) is 0.780. The summed E-state index contributed by atoms with van der Waals surface area (Å²) < 4.78 is 20.7. The van der Waals surface area contributed by atoms with Crippen molar-refractivity contribution in [3.8, 4) is 5.75 Å². The van der Waals surface area contributed by atoms with Crippen molar-refractivity contribution < 1.29 is 13.9 Å². The van der Waals surface area contributed by atoms with Crippen molar-refractivity contribution in [2.45, 2.75) is 13.0 Å². The molecule has 21 heavy (non-hydrogen) atoms. The van der Waals surface area contributed by atoms with Crippen LogP contribution < -0.4 is 10.1 Å². The second-order valence-corrected chi connectivity index (χ2v) is 6.16. The van der Waals surface area contributed by atoms with Gasteiger partial charge in [-0.2, -0.15) is 0 Å². The van der Waals surface area contributed by atoms with E-state index in [9.17, 15) is 9.18 Å². The van der Waals surface area contributed by atoms with Crippen molar-refractivity contribution in [2.24, 2.45) is 0 Å². The van der Waals surface area contributed by atoms with Gasteiger partial charge >= 0.3 is 0 Å². The Hall–Kier alpha value is -1.40. The van der Waals surface area contributed by atoms with Crippen molar-refractivity contribution >= 4 is 43.5 Å². The number of hydrogen-bond acceptors (Lipinski definition) is 2. The molecule has 3 nitrogen and oxygen atoms in total. The molecular formula is C15H12Br2FNO2. The summed E-state index contributed by atoms with van der Waals surface area (Å²) in [6.45, 7) is 1.61. The fraction of sp³-hybridized carbons (Fsp3) is 0.133. The first-order valence-electron chi connectivity index (χ1n) is 6.14. The molecule has 0 fully saturated rings. The number of carbonyl (C=O) groups excluding carboxylic acids is 1. The molecular weight excluding hydrogens is 405 g/mol. The van der Waals surface area contributed by atoms with E-state index in [0.717, 1.165) is 4.47 Å². The number of hydrogen-bond donors (Lipinski definition) is 1. The van der Waals surface area contributed by atoms with Gasteiger partial charge in [0, 0.05) is 8.95 Å². The molecule has 2 aromatic rings. The normalized spacial score (nSPS) is 11.8. The average molecular weight is 417 g/mol. The highest BCUT2D eigenvalue weighted by Gasteiger charge is 2.16.